The van der Waals surface area contributed by atoms with Crippen LogP contribution in [0.1, 0.15) is 20.8 Å². The summed E-state index contributed by atoms with van der Waals surface area (Å²) in [6.45, 7) is 5.85. The summed E-state index contributed by atoms with van der Waals surface area (Å²) in [5.74, 6) is 0. The van der Waals surface area contributed by atoms with E-state index in [1.807, 2.05) is 20.8 Å². The zero-order chi connectivity index (χ0) is 6.91. The minimum Gasteiger partial charge on any atom is -0.284 e. The molecule has 1 rings (SSSR count). The maximum Gasteiger partial charge on any atom is 0.139 e. The van der Waals surface area contributed by atoms with E-state index in [2.05, 4.69) is 15.5 Å². The van der Waals surface area contributed by atoms with Crippen LogP contribution in [0.3, 0.4) is 0 Å². The van der Waals surface area contributed by atoms with Crippen LogP contribution >= 0.6 is 0 Å². The van der Waals surface area contributed by atoms with Gasteiger partial charge in [-0.1, -0.05) is 0 Å². The molecule has 1 aliphatic rings. The van der Waals surface area contributed by atoms with Gasteiger partial charge in [0.2, 0.25) is 0 Å². The van der Waals surface area contributed by atoms with Crippen LogP contribution in [0.15, 0.2) is 10.1 Å². The summed E-state index contributed by atoms with van der Waals surface area (Å²) < 4.78 is 0. The Hall–Kier alpha value is -0.860. The number of nitrogens with one attached hydrogen (secondary N) is 1. The molecule has 0 aliphatic carbocycles. The third-order valence-corrected chi connectivity index (χ3v) is 1.08. The van der Waals surface area contributed by atoms with Gasteiger partial charge in [0.25, 0.3) is 0 Å². The average Bonchev–Trinajstić information content (AvgIpc) is 1.78. The lowest BCUT2D eigenvalue weighted by Gasteiger charge is -2.22. The maximum absolute atomic E-state index is 4.18. The number of hydrazone groups is 1. The van der Waals surface area contributed by atoms with Crippen LogP contribution in [-0.2, 0) is 0 Å². The van der Waals surface area contributed by atoms with Crippen molar-refractivity contribution >= 4 is 11.9 Å². The molecule has 3 heteroatoms. The minimum atomic E-state index is -0.209. The average molecular weight is 125 g/mol. The number of hydrogen-bond donors (Lipinski definition) is 1. The number of rotatable bonds is 0. The lowest BCUT2D eigenvalue weighted by atomic mass is 10.2. The second-order valence-electron chi connectivity index (χ2n) is 2.68. The van der Waals surface area contributed by atoms with Gasteiger partial charge in [-0.15, -0.1) is 0 Å². The fourth-order valence-corrected chi connectivity index (χ4v) is 0.538. The molecule has 0 saturated heterocycles. The van der Waals surface area contributed by atoms with E-state index in [-0.39, 0.29) is 5.66 Å². The Morgan fingerprint density at radius 3 is 2.56 bits per heavy atom. The lowest BCUT2D eigenvalue weighted by molar-refractivity contribution is 0.418. The van der Waals surface area contributed by atoms with Crippen LogP contribution < -0.4 is 5.43 Å². The van der Waals surface area contributed by atoms with Crippen LogP contribution in [0.4, 0.5) is 0 Å². The third kappa shape index (κ3) is 1.52. The standard InChI is InChI=1S/C6H11N3/c1-5-4-7-6(2,3)9-8-5/h4,9H,1-3H3. The van der Waals surface area contributed by atoms with Gasteiger partial charge >= 0.3 is 0 Å². The zero-order valence-corrected chi connectivity index (χ0v) is 5.97. The van der Waals surface area contributed by atoms with Crippen LogP contribution in [0.25, 0.3) is 0 Å². The second kappa shape index (κ2) is 1.83. The fraction of sp³-hybridized carbons (Fsp3) is 0.667. The van der Waals surface area contributed by atoms with E-state index in [1.54, 1.807) is 6.21 Å². The molecule has 1 heterocycles. The number of nitrogens with zero attached hydrogens (tertiary/aromatic N) is 2. The first-order valence-corrected chi connectivity index (χ1v) is 2.97. The van der Waals surface area contributed by atoms with Gasteiger partial charge in [0, 0.05) is 6.21 Å². The van der Waals surface area contributed by atoms with Crippen LogP contribution in [0, 0.1) is 0 Å². The van der Waals surface area contributed by atoms with Gasteiger partial charge in [-0.25, -0.2) is 0 Å². The molecule has 0 unspecified atom stereocenters. The molecule has 0 fully saturated rings. The van der Waals surface area contributed by atoms with Crippen molar-refractivity contribution in [2.24, 2.45) is 10.1 Å². The monoisotopic (exact) mass is 125 g/mol. The molecule has 0 bridgehead atoms. The third-order valence-electron chi connectivity index (χ3n) is 1.08. The fourth-order valence-electron chi connectivity index (χ4n) is 0.538. The highest BCUT2D eigenvalue weighted by molar-refractivity contribution is 6.29. The Bertz CT molecular complexity index is 167. The molecule has 9 heavy (non-hydrogen) atoms. The molecule has 50 valence electrons. The normalized spacial score (nSPS) is 22.8. The van der Waals surface area contributed by atoms with E-state index in [0.717, 1.165) is 5.71 Å². The molecule has 0 radical (unpaired) electrons. The molecule has 1 aliphatic heterocycles. The van der Waals surface area contributed by atoms with E-state index in [4.69, 9.17) is 0 Å². The van der Waals surface area contributed by atoms with E-state index in [0.29, 0.717) is 0 Å². The summed E-state index contributed by atoms with van der Waals surface area (Å²) in [5.41, 5.74) is 3.61. The Kier molecular flexibility index (Phi) is 1.27. The predicted octanol–water partition coefficient (Wildman–Crippen LogP) is 0.772. The Morgan fingerprint density at radius 2 is 2.22 bits per heavy atom. The minimum absolute atomic E-state index is 0.209. The van der Waals surface area contributed by atoms with Gasteiger partial charge < -0.3 is 0 Å². The second-order valence-corrected chi connectivity index (χ2v) is 2.68. The van der Waals surface area contributed by atoms with Gasteiger partial charge in [-0.05, 0) is 20.8 Å². The highest BCUT2D eigenvalue weighted by Crippen LogP contribution is 2.05. The Balaban J connectivity index is 2.70. The molecule has 0 amide bonds. The first kappa shape index (κ1) is 6.26. The maximum atomic E-state index is 4.18. The van der Waals surface area contributed by atoms with Crippen molar-refractivity contribution in [1.82, 2.24) is 5.43 Å². The Morgan fingerprint density at radius 1 is 1.56 bits per heavy atom. The lowest BCUT2D eigenvalue weighted by Crippen LogP contribution is -2.37. The smallest absolute Gasteiger partial charge is 0.139 e. The van der Waals surface area contributed by atoms with Crippen LogP contribution in [0.5, 0.6) is 0 Å². The van der Waals surface area contributed by atoms with Gasteiger partial charge in [0.05, 0.1) is 5.71 Å². The van der Waals surface area contributed by atoms with Crippen LogP contribution in [-0.4, -0.2) is 17.6 Å². The van der Waals surface area contributed by atoms with E-state index in [1.165, 1.54) is 0 Å². The highest BCUT2D eigenvalue weighted by atomic mass is 15.4. The highest BCUT2D eigenvalue weighted by Gasteiger charge is 2.15. The quantitative estimate of drug-likeness (QED) is 0.510. The van der Waals surface area contributed by atoms with Gasteiger partial charge in [-0.2, -0.15) is 5.10 Å². The van der Waals surface area contributed by atoms with Crippen molar-refractivity contribution in [2.45, 2.75) is 26.4 Å². The predicted molar refractivity (Wildman–Crippen MR) is 38.8 cm³/mol. The van der Waals surface area contributed by atoms with E-state index >= 15 is 0 Å². The zero-order valence-electron chi connectivity index (χ0n) is 5.97. The van der Waals surface area contributed by atoms with Gasteiger partial charge in [-0.3, -0.25) is 10.4 Å². The summed E-state index contributed by atoms with van der Waals surface area (Å²) in [6, 6.07) is 0. The number of aliphatic imine (C=N–C) groups is 1. The molecule has 0 atom stereocenters. The molecular weight excluding hydrogens is 114 g/mol. The van der Waals surface area contributed by atoms with E-state index in [9.17, 15) is 0 Å². The molecule has 0 aromatic rings. The summed E-state index contributed by atoms with van der Waals surface area (Å²) in [6.07, 6.45) is 1.77. The van der Waals surface area contributed by atoms with Crippen molar-refractivity contribution in [3.8, 4) is 0 Å². The summed E-state index contributed by atoms with van der Waals surface area (Å²) in [7, 11) is 0. The summed E-state index contributed by atoms with van der Waals surface area (Å²) >= 11 is 0. The Labute approximate surface area is 54.9 Å². The first-order chi connectivity index (χ1) is 4.10. The topological polar surface area (TPSA) is 36.8 Å². The van der Waals surface area contributed by atoms with E-state index < -0.39 is 0 Å². The molecule has 1 N–H and O–H groups in total. The molecule has 0 aromatic carbocycles. The van der Waals surface area contributed by atoms with Crippen molar-refractivity contribution < 1.29 is 0 Å². The van der Waals surface area contributed by atoms with Crippen LogP contribution in [0.2, 0.25) is 0 Å². The summed E-state index contributed by atoms with van der Waals surface area (Å²) in [4.78, 5) is 4.18. The van der Waals surface area contributed by atoms with Crippen molar-refractivity contribution in [1.29, 1.82) is 0 Å². The van der Waals surface area contributed by atoms with Gasteiger partial charge in [0.1, 0.15) is 5.66 Å². The SMILES string of the molecule is CC1=NNC(C)(C)N=C1. The van der Waals surface area contributed by atoms with Gasteiger partial charge in [0.15, 0.2) is 0 Å². The first-order valence-electron chi connectivity index (χ1n) is 2.97. The summed E-state index contributed by atoms with van der Waals surface area (Å²) in [5, 5.41) is 4.00. The molecule has 0 spiro atoms. The molecule has 0 aromatic heterocycles. The largest absolute Gasteiger partial charge is 0.284 e. The molecule has 3 nitrogen and oxygen atoms in total. The van der Waals surface area contributed by atoms with Crippen molar-refractivity contribution in [3.05, 3.63) is 0 Å². The van der Waals surface area contributed by atoms with Crippen molar-refractivity contribution in [2.75, 3.05) is 0 Å². The van der Waals surface area contributed by atoms with Crippen molar-refractivity contribution in [3.63, 3.8) is 0 Å². The molecular formula is C6H11N3. The number of hydrogen-bond acceptors (Lipinski definition) is 3. The molecule has 0 saturated carbocycles.